The van der Waals surface area contributed by atoms with Gasteiger partial charge in [-0.1, -0.05) is 71.8 Å². The predicted molar refractivity (Wildman–Crippen MR) is 107 cm³/mol. The Morgan fingerprint density at radius 2 is 1.50 bits per heavy atom. The number of ether oxygens (including phenoxy) is 1. The van der Waals surface area contributed by atoms with E-state index in [9.17, 15) is 0 Å². The van der Waals surface area contributed by atoms with Crippen molar-refractivity contribution in [3.05, 3.63) is 112 Å². The number of aryl methyl sites for hydroxylation is 1. The molecule has 1 atom stereocenters. The Morgan fingerprint density at radius 3 is 2.19 bits per heavy atom. The Hall–Kier alpha value is -2.84. The van der Waals surface area contributed by atoms with Crippen LogP contribution in [0.5, 0.6) is 0 Å². The fourth-order valence-corrected chi connectivity index (χ4v) is 3.02. The predicted octanol–water partition coefficient (Wildman–Crippen LogP) is 6.21. The van der Waals surface area contributed by atoms with E-state index in [4.69, 9.17) is 21.3 Å². The van der Waals surface area contributed by atoms with E-state index in [2.05, 4.69) is 37.3 Å². The standard InChI is InChI=1S/C23H18ClNO/c1-16-7-9-17(10-8-16)21-15-22(18-5-3-2-4-6-18)26-23(25-21)19-11-13-20(24)14-12-19/h2-15,21H,1H3. The van der Waals surface area contributed by atoms with Crippen LogP contribution in [0.25, 0.3) is 5.76 Å². The summed E-state index contributed by atoms with van der Waals surface area (Å²) in [7, 11) is 0. The Bertz CT molecular complexity index is 957. The van der Waals surface area contributed by atoms with Crippen LogP contribution < -0.4 is 0 Å². The number of halogens is 1. The third-order valence-electron chi connectivity index (χ3n) is 4.34. The summed E-state index contributed by atoms with van der Waals surface area (Å²) >= 11 is 6.02. The second kappa shape index (κ2) is 7.19. The highest BCUT2D eigenvalue weighted by Gasteiger charge is 2.21. The molecular formula is C23H18ClNO. The molecule has 0 bridgehead atoms. The molecule has 0 spiro atoms. The molecule has 0 aliphatic carbocycles. The van der Waals surface area contributed by atoms with Crippen molar-refractivity contribution in [1.82, 2.24) is 0 Å². The summed E-state index contributed by atoms with van der Waals surface area (Å²) < 4.78 is 6.14. The van der Waals surface area contributed by atoms with Gasteiger partial charge >= 0.3 is 0 Å². The molecule has 0 saturated carbocycles. The zero-order valence-electron chi connectivity index (χ0n) is 14.4. The van der Waals surface area contributed by atoms with Crippen molar-refractivity contribution < 1.29 is 4.74 Å². The van der Waals surface area contributed by atoms with E-state index < -0.39 is 0 Å². The number of hydrogen-bond donors (Lipinski definition) is 0. The van der Waals surface area contributed by atoms with E-state index in [-0.39, 0.29) is 6.04 Å². The summed E-state index contributed by atoms with van der Waals surface area (Å²) in [4.78, 5) is 4.83. The molecule has 1 aliphatic rings. The number of hydrogen-bond acceptors (Lipinski definition) is 2. The van der Waals surface area contributed by atoms with Gasteiger partial charge in [-0.05, 0) is 42.8 Å². The SMILES string of the molecule is Cc1ccc(C2C=C(c3ccccc3)OC(c3ccc(Cl)cc3)=N2)cc1. The molecule has 2 nitrogen and oxygen atoms in total. The fourth-order valence-electron chi connectivity index (χ4n) is 2.89. The molecule has 0 fully saturated rings. The Kier molecular flexibility index (Phi) is 4.59. The lowest BCUT2D eigenvalue weighted by Gasteiger charge is -2.22. The van der Waals surface area contributed by atoms with Crippen molar-refractivity contribution in [3.63, 3.8) is 0 Å². The lowest BCUT2D eigenvalue weighted by Crippen LogP contribution is -2.14. The first-order valence-electron chi connectivity index (χ1n) is 8.54. The minimum Gasteiger partial charge on any atom is -0.438 e. The molecular weight excluding hydrogens is 342 g/mol. The first kappa shape index (κ1) is 16.6. The van der Waals surface area contributed by atoms with Crippen molar-refractivity contribution in [1.29, 1.82) is 0 Å². The van der Waals surface area contributed by atoms with Gasteiger partial charge in [0.05, 0.1) is 0 Å². The average molecular weight is 360 g/mol. The van der Waals surface area contributed by atoms with Crippen LogP contribution in [-0.2, 0) is 4.74 Å². The normalized spacial score (nSPS) is 16.5. The minimum absolute atomic E-state index is 0.0924. The molecule has 128 valence electrons. The molecule has 3 aromatic rings. The van der Waals surface area contributed by atoms with Crippen LogP contribution in [0.15, 0.2) is 89.9 Å². The molecule has 0 saturated heterocycles. The van der Waals surface area contributed by atoms with Crippen LogP contribution in [-0.4, -0.2) is 5.90 Å². The maximum Gasteiger partial charge on any atom is 0.222 e. The van der Waals surface area contributed by atoms with Gasteiger partial charge in [0.15, 0.2) is 0 Å². The van der Waals surface area contributed by atoms with Crippen molar-refractivity contribution in [3.8, 4) is 0 Å². The number of benzene rings is 3. The van der Waals surface area contributed by atoms with Crippen LogP contribution in [0, 0.1) is 6.92 Å². The monoisotopic (exact) mass is 359 g/mol. The van der Waals surface area contributed by atoms with Gasteiger partial charge in [-0.2, -0.15) is 0 Å². The third kappa shape index (κ3) is 3.56. The molecule has 0 radical (unpaired) electrons. The Balaban J connectivity index is 1.77. The molecule has 4 rings (SSSR count). The van der Waals surface area contributed by atoms with Gasteiger partial charge in [0.2, 0.25) is 5.90 Å². The van der Waals surface area contributed by atoms with Crippen molar-refractivity contribution >= 4 is 23.3 Å². The van der Waals surface area contributed by atoms with E-state index in [1.54, 1.807) is 0 Å². The van der Waals surface area contributed by atoms with Gasteiger partial charge in [0.25, 0.3) is 0 Å². The highest BCUT2D eigenvalue weighted by molar-refractivity contribution is 6.30. The zero-order valence-corrected chi connectivity index (χ0v) is 15.1. The van der Waals surface area contributed by atoms with Gasteiger partial charge in [0, 0.05) is 16.1 Å². The lowest BCUT2D eigenvalue weighted by atomic mass is 10.0. The quantitative estimate of drug-likeness (QED) is 0.545. The maximum atomic E-state index is 6.14. The summed E-state index contributed by atoms with van der Waals surface area (Å²) in [6.07, 6.45) is 2.07. The van der Waals surface area contributed by atoms with Gasteiger partial charge in [0.1, 0.15) is 11.8 Å². The van der Waals surface area contributed by atoms with E-state index in [0.29, 0.717) is 10.9 Å². The Morgan fingerprint density at radius 1 is 0.808 bits per heavy atom. The number of rotatable bonds is 3. The first-order valence-corrected chi connectivity index (χ1v) is 8.92. The maximum absolute atomic E-state index is 6.14. The van der Waals surface area contributed by atoms with Gasteiger partial charge < -0.3 is 4.74 Å². The summed E-state index contributed by atoms with van der Waals surface area (Å²) in [5.74, 6) is 1.42. The van der Waals surface area contributed by atoms with Gasteiger partial charge in [-0.15, -0.1) is 0 Å². The largest absolute Gasteiger partial charge is 0.438 e. The molecule has 0 N–H and O–H groups in total. The molecule has 1 aliphatic heterocycles. The minimum atomic E-state index is -0.0924. The number of nitrogens with zero attached hydrogens (tertiary/aromatic N) is 1. The molecule has 26 heavy (non-hydrogen) atoms. The van der Waals surface area contributed by atoms with Crippen LogP contribution in [0.4, 0.5) is 0 Å². The summed E-state index contributed by atoms with van der Waals surface area (Å²) in [6, 6.07) is 26.0. The molecule has 3 aromatic carbocycles. The van der Waals surface area contributed by atoms with Crippen molar-refractivity contribution in [2.75, 3.05) is 0 Å². The molecule has 1 heterocycles. The Labute approximate surface area is 158 Å². The van der Waals surface area contributed by atoms with Crippen LogP contribution in [0.1, 0.15) is 28.3 Å². The number of aliphatic imine (C=N–C) groups is 1. The average Bonchev–Trinajstić information content (AvgIpc) is 2.69. The lowest BCUT2D eigenvalue weighted by molar-refractivity contribution is 0.486. The van der Waals surface area contributed by atoms with Gasteiger partial charge in [-0.25, -0.2) is 4.99 Å². The molecule has 0 amide bonds. The zero-order chi connectivity index (χ0) is 17.9. The second-order valence-corrected chi connectivity index (χ2v) is 6.73. The fraction of sp³-hybridized carbons (Fsp3) is 0.0870. The van der Waals surface area contributed by atoms with E-state index in [1.807, 2.05) is 54.6 Å². The summed E-state index contributed by atoms with van der Waals surface area (Å²) in [5.41, 5.74) is 4.31. The second-order valence-electron chi connectivity index (χ2n) is 6.30. The molecule has 0 aromatic heterocycles. The van der Waals surface area contributed by atoms with Crippen molar-refractivity contribution in [2.24, 2.45) is 4.99 Å². The third-order valence-corrected chi connectivity index (χ3v) is 4.59. The first-order chi connectivity index (χ1) is 12.7. The summed E-state index contributed by atoms with van der Waals surface area (Å²) in [5, 5.41) is 0.694. The topological polar surface area (TPSA) is 21.6 Å². The van der Waals surface area contributed by atoms with Crippen molar-refractivity contribution in [2.45, 2.75) is 13.0 Å². The van der Waals surface area contributed by atoms with E-state index >= 15 is 0 Å². The smallest absolute Gasteiger partial charge is 0.222 e. The van der Waals surface area contributed by atoms with Crippen LogP contribution in [0.2, 0.25) is 5.02 Å². The van der Waals surface area contributed by atoms with E-state index in [1.165, 1.54) is 5.56 Å². The highest BCUT2D eigenvalue weighted by atomic mass is 35.5. The highest BCUT2D eigenvalue weighted by Crippen LogP contribution is 2.31. The van der Waals surface area contributed by atoms with Gasteiger partial charge in [-0.3, -0.25) is 0 Å². The summed E-state index contributed by atoms with van der Waals surface area (Å²) in [6.45, 7) is 2.08. The molecule has 1 unspecified atom stereocenters. The van der Waals surface area contributed by atoms with Crippen LogP contribution in [0.3, 0.4) is 0 Å². The molecule has 3 heteroatoms. The van der Waals surface area contributed by atoms with E-state index in [0.717, 1.165) is 22.4 Å². The van der Waals surface area contributed by atoms with Crippen LogP contribution >= 0.6 is 11.6 Å².